The van der Waals surface area contributed by atoms with E-state index < -0.39 is 36.3 Å². The SMILES string of the molecule is Cc1cc2c(Cl)nc3c(ncn3[C@@H]3O[C@H](C(=O)O)[C@H]4OC(C)(C)O[C@H]43)c2[nH]1. The third-order valence-electron chi connectivity index (χ3n) is 4.93. The van der Waals surface area contributed by atoms with E-state index in [0.717, 1.165) is 16.6 Å². The predicted octanol–water partition coefficient (Wildman–Crippen LogP) is 2.38. The Morgan fingerprint density at radius 2 is 2.11 bits per heavy atom. The molecule has 0 bridgehead atoms. The molecule has 10 heteroatoms. The first-order valence-corrected chi connectivity index (χ1v) is 8.88. The van der Waals surface area contributed by atoms with Gasteiger partial charge in [0.2, 0.25) is 0 Å². The minimum atomic E-state index is -1.15. The second-order valence-corrected chi connectivity index (χ2v) is 7.68. The number of ether oxygens (including phenoxy) is 3. The van der Waals surface area contributed by atoms with Crippen LogP contribution in [0.2, 0.25) is 5.15 Å². The van der Waals surface area contributed by atoms with Crippen LogP contribution in [0, 0.1) is 6.92 Å². The van der Waals surface area contributed by atoms with Crippen molar-refractivity contribution in [3.63, 3.8) is 0 Å². The third-order valence-corrected chi connectivity index (χ3v) is 5.22. The molecule has 0 aliphatic carbocycles. The highest BCUT2D eigenvalue weighted by molar-refractivity contribution is 6.35. The Labute approximate surface area is 158 Å². The van der Waals surface area contributed by atoms with Crippen LogP contribution in [0.15, 0.2) is 12.4 Å². The summed E-state index contributed by atoms with van der Waals surface area (Å²) in [5.74, 6) is -2.01. The Bertz CT molecular complexity index is 1090. The predicted molar refractivity (Wildman–Crippen MR) is 94.5 cm³/mol. The first kappa shape index (κ1) is 16.9. The molecule has 2 N–H and O–H groups in total. The summed E-state index contributed by atoms with van der Waals surface area (Å²) < 4.78 is 19.1. The maximum absolute atomic E-state index is 11.6. The zero-order valence-electron chi connectivity index (χ0n) is 14.8. The van der Waals surface area contributed by atoms with E-state index in [2.05, 4.69) is 15.0 Å². The number of rotatable bonds is 2. The fourth-order valence-corrected chi connectivity index (χ4v) is 4.15. The Morgan fingerprint density at radius 1 is 1.37 bits per heavy atom. The lowest BCUT2D eigenvalue weighted by molar-refractivity contribution is -0.202. The van der Waals surface area contributed by atoms with E-state index in [9.17, 15) is 9.90 Å². The molecule has 3 aromatic heterocycles. The number of aromatic amines is 1. The van der Waals surface area contributed by atoms with E-state index in [-0.39, 0.29) is 0 Å². The Morgan fingerprint density at radius 3 is 2.85 bits per heavy atom. The average molecular weight is 393 g/mol. The molecule has 2 fully saturated rings. The van der Waals surface area contributed by atoms with Crippen LogP contribution in [-0.4, -0.2) is 54.7 Å². The minimum absolute atomic E-state index is 0.330. The first-order chi connectivity index (χ1) is 12.7. The molecule has 0 saturated carbocycles. The summed E-state index contributed by atoms with van der Waals surface area (Å²) in [7, 11) is 0. The van der Waals surface area contributed by atoms with Crippen molar-refractivity contribution in [1.29, 1.82) is 0 Å². The Hall–Kier alpha value is -2.20. The molecule has 0 spiro atoms. The van der Waals surface area contributed by atoms with Gasteiger partial charge in [-0.05, 0) is 26.8 Å². The van der Waals surface area contributed by atoms with Crippen LogP contribution in [0.4, 0.5) is 0 Å². The molecule has 142 valence electrons. The van der Waals surface area contributed by atoms with E-state index >= 15 is 0 Å². The highest BCUT2D eigenvalue weighted by Gasteiger charge is 2.58. The smallest absolute Gasteiger partial charge is 0.335 e. The van der Waals surface area contributed by atoms with Crippen molar-refractivity contribution in [2.24, 2.45) is 0 Å². The largest absolute Gasteiger partial charge is 0.479 e. The van der Waals surface area contributed by atoms with Gasteiger partial charge in [0.1, 0.15) is 22.9 Å². The van der Waals surface area contributed by atoms with Gasteiger partial charge in [-0.3, -0.25) is 4.57 Å². The normalized spacial score (nSPS) is 29.6. The summed E-state index contributed by atoms with van der Waals surface area (Å²) in [5.41, 5.74) is 2.82. The highest BCUT2D eigenvalue weighted by Crippen LogP contribution is 2.44. The molecular formula is C17H17ClN4O5. The highest BCUT2D eigenvalue weighted by atomic mass is 35.5. The number of imidazole rings is 1. The zero-order chi connectivity index (χ0) is 19.1. The molecule has 9 nitrogen and oxygen atoms in total. The molecule has 0 radical (unpaired) electrons. The van der Waals surface area contributed by atoms with Gasteiger partial charge in [-0.1, -0.05) is 11.6 Å². The van der Waals surface area contributed by atoms with Crippen molar-refractivity contribution in [2.45, 2.75) is 51.1 Å². The molecule has 5 rings (SSSR count). The lowest BCUT2D eigenvalue weighted by atomic mass is 10.1. The molecule has 0 unspecified atom stereocenters. The van der Waals surface area contributed by atoms with Gasteiger partial charge in [0.05, 0.1) is 11.8 Å². The van der Waals surface area contributed by atoms with Crippen molar-refractivity contribution >= 4 is 39.6 Å². The van der Waals surface area contributed by atoms with Gasteiger partial charge in [0.15, 0.2) is 23.8 Å². The van der Waals surface area contributed by atoms with Crippen LogP contribution in [0.3, 0.4) is 0 Å². The van der Waals surface area contributed by atoms with Gasteiger partial charge in [0.25, 0.3) is 0 Å². The molecule has 0 amide bonds. The molecule has 2 aliphatic heterocycles. The van der Waals surface area contributed by atoms with Crippen molar-refractivity contribution in [3.8, 4) is 0 Å². The maximum Gasteiger partial charge on any atom is 0.335 e. The number of nitrogens with one attached hydrogen (secondary N) is 1. The molecule has 2 saturated heterocycles. The monoisotopic (exact) mass is 392 g/mol. The Kier molecular flexibility index (Phi) is 3.40. The van der Waals surface area contributed by atoms with Crippen molar-refractivity contribution < 1.29 is 24.1 Å². The number of fused-ring (bicyclic) bond motifs is 4. The lowest BCUT2D eigenvalue weighted by Gasteiger charge is -2.23. The van der Waals surface area contributed by atoms with Gasteiger partial charge < -0.3 is 24.3 Å². The van der Waals surface area contributed by atoms with E-state index in [0.29, 0.717) is 16.3 Å². The number of hydrogen-bond acceptors (Lipinski definition) is 6. The summed E-state index contributed by atoms with van der Waals surface area (Å²) >= 11 is 6.36. The standard InChI is InChI=1S/C17H17ClN4O5/c1-6-4-7-8(20-6)9-14(21-13(7)18)22(5-19-9)15-11-10(12(25-15)16(23)24)26-17(2,3)27-11/h4-5,10-12,15,20H,1-3H3,(H,23,24)/t10-,11+,12-,15+/m0/s1. The summed E-state index contributed by atoms with van der Waals surface area (Å²) in [6.45, 7) is 5.41. The molecule has 0 aromatic carbocycles. The number of carbonyl (C=O) groups is 1. The number of aromatic nitrogens is 4. The number of H-pyrrole nitrogens is 1. The minimum Gasteiger partial charge on any atom is -0.479 e. The molecular weight excluding hydrogens is 376 g/mol. The van der Waals surface area contributed by atoms with Crippen molar-refractivity contribution in [2.75, 3.05) is 0 Å². The lowest BCUT2D eigenvalue weighted by Crippen LogP contribution is -2.35. The Balaban J connectivity index is 1.66. The molecule has 5 heterocycles. The van der Waals surface area contributed by atoms with Crippen LogP contribution in [0.25, 0.3) is 22.1 Å². The van der Waals surface area contributed by atoms with Crippen LogP contribution >= 0.6 is 11.6 Å². The second-order valence-electron chi connectivity index (χ2n) is 7.32. The number of halogens is 1. The number of aliphatic carboxylic acids is 1. The van der Waals surface area contributed by atoms with Crippen LogP contribution < -0.4 is 0 Å². The summed E-state index contributed by atoms with van der Waals surface area (Å²) in [4.78, 5) is 23.8. The van der Waals surface area contributed by atoms with Crippen molar-refractivity contribution in [3.05, 3.63) is 23.2 Å². The average Bonchev–Trinajstić information content (AvgIpc) is 3.28. The molecule has 2 aliphatic rings. The quantitative estimate of drug-likeness (QED) is 0.644. The number of pyridine rings is 1. The summed E-state index contributed by atoms with van der Waals surface area (Å²) in [6.07, 6.45) is -1.68. The number of carboxylic acid groups (broad SMARTS) is 1. The fourth-order valence-electron chi connectivity index (χ4n) is 3.92. The number of aryl methyl sites for hydroxylation is 1. The van der Waals surface area contributed by atoms with E-state index in [1.165, 1.54) is 0 Å². The maximum atomic E-state index is 11.6. The van der Waals surface area contributed by atoms with Gasteiger partial charge in [0, 0.05) is 11.1 Å². The molecule has 27 heavy (non-hydrogen) atoms. The van der Waals surface area contributed by atoms with Crippen molar-refractivity contribution in [1.82, 2.24) is 19.5 Å². The third kappa shape index (κ3) is 2.39. The number of carboxylic acids is 1. The van der Waals surface area contributed by atoms with Crippen LogP contribution in [0.1, 0.15) is 25.8 Å². The van der Waals surface area contributed by atoms with Gasteiger partial charge >= 0.3 is 5.97 Å². The van der Waals surface area contributed by atoms with E-state index in [1.54, 1.807) is 24.7 Å². The molecule has 3 aromatic rings. The zero-order valence-corrected chi connectivity index (χ0v) is 15.5. The number of hydrogen-bond donors (Lipinski definition) is 2. The summed E-state index contributed by atoms with van der Waals surface area (Å²) in [5, 5.41) is 10.6. The van der Waals surface area contributed by atoms with Crippen LogP contribution in [-0.2, 0) is 19.0 Å². The van der Waals surface area contributed by atoms with Crippen LogP contribution in [0.5, 0.6) is 0 Å². The van der Waals surface area contributed by atoms with E-state index in [4.69, 9.17) is 25.8 Å². The fraction of sp³-hybridized carbons (Fsp3) is 0.471. The number of nitrogens with zero attached hydrogens (tertiary/aromatic N) is 3. The summed E-state index contributed by atoms with van der Waals surface area (Å²) in [6, 6.07) is 1.90. The first-order valence-electron chi connectivity index (χ1n) is 8.50. The molecule has 4 atom stereocenters. The van der Waals surface area contributed by atoms with Gasteiger partial charge in [-0.2, -0.15) is 0 Å². The van der Waals surface area contributed by atoms with Gasteiger partial charge in [-0.25, -0.2) is 14.8 Å². The second kappa shape index (κ2) is 5.41. The topological polar surface area (TPSA) is 111 Å². The van der Waals surface area contributed by atoms with E-state index in [1.807, 2.05) is 13.0 Å². The van der Waals surface area contributed by atoms with Gasteiger partial charge in [-0.15, -0.1) is 0 Å².